The highest BCUT2D eigenvalue weighted by atomic mass is 19.4. The van der Waals surface area contributed by atoms with Crippen LogP contribution in [0.4, 0.5) is 48.3 Å². The van der Waals surface area contributed by atoms with Crippen LogP contribution in [0, 0.1) is 46.7 Å². The Kier molecular flexibility index (Phi) is 9.75. The Labute approximate surface area is 249 Å². The van der Waals surface area contributed by atoms with Crippen LogP contribution >= 0.6 is 0 Å². The fraction of sp³-hybridized carbons (Fsp3) is 0.219. The Morgan fingerprint density at radius 1 is 0.689 bits per heavy atom. The summed E-state index contributed by atoms with van der Waals surface area (Å²) in [6.07, 6.45) is -4.96. The van der Waals surface area contributed by atoms with E-state index in [0.29, 0.717) is 12.1 Å². The van der Waals surface area contributed by atoms with Crippen LogP contribution in [-0.4, -0.2) is 4.98 Å². The molecular formula is C32H20F11NO. The molecule has 0 saturated carbocycles. The molecule has 236 valence electrons. The van der Waals surface area contributed by atoms with Gasteiger partial charge < -0.3 is 4.74 Å². The summed E-state index contributed by atoms with van der Waals surface area (Å²) in [5.41, 5.74) is -5.07. The Bertz CT molecular complexity index is 1700. The summed E-state index contributed by atoms with van der Waals surface area (Å²) < 4.78 is 158. The number of hydrogen-bond acceptors (Lipinski definition) is 2. The summed E-state index contributed by atoms with van der Waals surface area (Å²) >= 11 is 0. The molecule has 0 spiro atoms. The summed E-state index contributed by atoms with van der Waals surface area (Å²) in [4.78, 5) is 4.12. The van der Waals surface area contributed by atoms with Gasteiger partial charge in [0.2, 0.25) is 0 Å². The van der Waals surface area contributed by atoms with Crippen LogP contribution in [0.5, 0.6) is 5.75 Å². The third-order valence-corrected chi connectivity index (χ3v) is 6.44. The van der Waals surface area contributed by atoms with Crippen molar-refractivity contribution in [3.63, 3.8) is 0 Å². The van der Waals surface area contributed by atoms with Gasteiger partial charge in [0, 0.05) is 29.5 Å². The minimum atomic E-state index is -5.36. The van der Waals surface area contributed by atoms with E-state index >= 15 is 0 Å². The van der Waals surface area contributed by atoms with Crippen LogP contribution in [-0.2, 0) is 18.7 Å². The summed E-state index contributed by atoms with van der Waals surface area (Å²) in [5, 5.41) is 0. The molecule has 4 aromatic rings. The Morgan fingerprint density at radius 3 is 1.78 bits per heavy atom. The highest BCUT2D eigenvalue weighted by Crippen LogP contribution is 2.38. The molecule has 0 fully saturated rings. The fourth-order valence-corrected chi connectivity index (χ4v) is 4.30. The van der Waals surface area contributed by atoms with Gasteiger partial charge in [-0.05, 0) is 48.7 Å². The Hall–Kier alpha value is -4.60. The van der Waals surface area contributed by atoms with E-state index in [1.807, 2.05) is 12.8 Å². The molecule has 2 nitrogen and oxygen atoms in total. The van der Waals surface area contributed by atoms with E-state index in [0.717, 1.165) is 31.2 Å². The molecule has 0 aliphatic rings. The number of rotatable bonds is 8. The van der Waals surface area contributed by atoms with Crippen LogP contribution in [0.3, 0.4) is 0 Å². The van der Waals surface area contributed by atoms with E-state index in [2.05, 4.69) is 9.72 Å². The predicted octanol–water partition coefficient (Wildman–Crippen LogP) is 9.86. The lowest BCUT2D eigenvalue weighted by molar-refractivity contribution is -0.189. The van der Waals surface area contributed by atoms with Gasteiger partial charge in [-0.2, -0.15) is 22.0 Å². The number of alkyl halides is 5. The predicted molar refractivity (Wildman–Crippen MR) is 141 cm³/mol. The standard InChI is InChI=1S/C32H20F11NO/c1-2-3-4-5-17-7-9-28(44-16-17)19-12-26(37)30(27(38)13-19)32(42,43)45-20-14-22(33)21(23(34)15-20)8-6-18-10-24(35)29(25(36)11-18)31(39,40)41/h7,9-16H,2-5H2,1H3. The highest BCUT2D eigenvalue weighted by Gasteiger charge is 2.42. The number of pyridine rings is 1. The third-order valence-electron chi connectivity index (χ3n) is 6.44. The van der Waals surface area contributed by atoms with Gasteiger partial charge >= 0.3 is 12.3 Å². The van der Waals surface area contributed by atoms with Crippen molar-refractivity contribution in [3.8, 4) is 28.8 Å². The number of hydrogen-bond donors (Lipinski definition) is 0. The minimum Gasteiger partial charge on any atom is -0.429 e. The zero-order valence-electron chi connectivity index (χ0n) is 23.0. The first-order valence-corrected chi connectivity index (χ1v) is 13.2. The van der Waals surface area contributed by atoms with Crippen molar-refractivity contribution in [1.82, 2.24) is 4.98 Å². The molecule has 0 amide bonds. The molecule has 0 aliphatic heterocycles. The van der Waals surface area contributed by atoms with Gasteiger partial charge in [0.15, 0.2) is 0 Å². The summed E-state index contributed by atoms with van der Waals surface area (Å²) in [6.45, 7) is 2.04. The maximum atomic E-state index is 14.9. The van der Waals surface area contributed by atoms with Crippen molar-refractivity contribution in [2.24, 2.45) is 0 Å². The lowest BCUT2D eigenvalue weighted by Gasteiger charge is -2.20. The van der Waals surface area contributed by atoms with Crippen LogP contribution < -0.4 is 4.74 Å². The number of aromatic nitrogens is 1. The van der Waals surface area contributed by atoms with Crippen LogP contribution in [0.15, 0.2) is 54.7 Å². The van der Waals surface area contributed by atoms with Crippen molar-refractivity contribution in [3.05, 3.63) is 117 Å². The van der Waals surface area contributed by atoms with Crippen LogP contribution in [0.1, 0.15) is 54.0 Å². The number of benzene rings is 3. The lowest BCUT2D eigenvalue weighted by Crippen LogP contribution is -2.25. The van der Waals surface area contributed by atoms with Gasteiger partial charge in [0.25, 0.3) is 0 Å². The van der Waals surface area contributed by atoms with Gasteiger partial charge in [-0.3, -0.25) is 4.98 Å². The number of halogens is 11. The molecule has 1 heterocycles. The molecule has 45 heavy (non-hydrogen) atoms. The Balaban J connectivity index is 1.56. The molecule has 0 radical (unpaired) electrons. The first kappa shape index (κ1) is 33.3. The SMILES string of the molecule is CCCCCc1ccc(-c2cc(F)c(C(F)(F)Oc3cc(F)c(C#Cc4cc(F)c(C(F)(F)F)c(F)c4)c(F)c3)c(F)c2)nc1. The van der Waals surface area contributed by atoms with E-state index in [4.69, 9.17) is 0 Å². The summed E-state index contributed by atoms with van der Waals surface area (Å²) in [6, 6.07) is 5.13. The number of nitrogens with zero attached hydrogens (tertiary/aromatic N) is 1. The topological polar surface area (TPSA) is 22.1 Å². The summed E-state index contributed by atoms with van der Waals surface area (Å²) in [5.74, 6) is -8.33. The molecular weight excluding hydrogens is 623 g/mol. The fourth-order valence-electron chi connectivity index (χ4n) is 4.30. The Morgan fingerprint density at radius 2 is 1.27 bits per heavy atom. The highest BCUT2D eigenvalue weighted by molar-refractivity contribution is 5.60. The molecule has 0 atom stereocenters. The summed E-state index contributed by atoms with van der Waals surface area (Å²) in [7, 11) is 0. The van der Waals surface area contributed by atoms with Gasteiger partial charge in [0.1, 0.15) is 51.8 Å². The molecule has 13 heteroatoms. The number of ether oxygens (including phenoxy) is 1. The minimum absolute atomic E-state index is 0.102. The van der Waals surface area contributed by atoms with Crippen molar-refractivity contribution in [2.75, 3.05) is 0 Å². The van der Waals surface area contributed by atoms with E-state index < -0.39 is 75.2 Å². The maximum absolute atomic E-state index is 14.9. The average molecular weight is 643 g/mol. The zero-order valence-corrected chi connectivity index (χ0v) is 23.0. The van der Waals surface area contributed by atoms with Gasteiger partial charge in [-0.1, -0.05) is 37.7 Å². The lowest BCUT2D eigenvalue weighted by atomic mass is 10.0. The molecule has 0 bridgehead atoms. The van der Waals surface area contributed by atoms with Crippen LogP contribution in [0.25, 0.3) is 11.3 Å². The second-order valence-electron chi connectivity index (χ2n) is 9.77. The van der Waals surface area contributed by atoms with Gasteiger partial charge in [0.05, 0.1) is 11.3 Å². The van der Waals surface area contributed by atoms with Crippen LogP contribution in [0.2, 0.25) is 0 Å². The third kappa shape index (κ3) is 7.74. The first-order valence-electron chi connectivity index (χ1n) is 13.2. The second kappa shape index (κ2) is 13.2. The van der Waals surface area contributed by atoms with Crippen molar-refractivity contribution < 1.29 is 53.0 Å². The molecule has 0 N–H and O–H groups in total. The van der Waals surface area contributed by atoms with E-state index in [9.17, 15) is 48.3 Å². The van der Waals surface area contributed by atoms with Gasteiger partial charge in [-0.15, -0.1) is 0 Å². The van der Waals surface area contributed by atoms with Gasteiger partial charge in [-0.25, -0.2) is 26.3 Å². The normalized spacial score (nSPS) is 11.7. The molecule has 0 unspecified atom stereocenters. The average Bonchev–Trinajstić information content (AvgIpc) is 2.91. The largest absolute Gasteiger partial charge is 0.432 e. The molecule has 0 saturated heterocycles. The number of unbranched alkanes of at least 4 members (excludes halogenated alkanes) is 2. The molecule has 0 aliphatic carbocycles. The quantitative estimate of drug-likeness (QED) is 0.108. The zero-order chi connectivity index (χ0) is 33.1. The smallest absolute Gasteiger partial charge is 0.429 e. The molecule has 3 aromatic carbocycles. The number of aryl methyl sites for hydroxylation is 1. The van der Waals surface area contributed by atoms with E-state index in [-0.39, 0.29) is 35.5 Å². The van der Waals surface area contributed by atoms with E-state index in [1.165, 1.54) is 12.3 Å². The van der Waals surface area contributed by atoms with Crippen molar-refractivity contribution >= 4 is 0 Å². The maximum Gasteiger partial charge on any atom is 0.432 e. The molecule has 4 rings (SSSR count). The molecule has 1 aromatic heterocycles. The monoisotopic (exact) mass is 643 g/mol. The second-order valence-corrected chi connectivity index (χ2v) is 9.77. The first-order chi connectivity index (χ1) is 21.1. The van der Waals surface area contributed by atoms with E-state index in [1.54, 1.807) is 12.0 Å². The van der Waals surface area contributed by atoms with Crippen molar-refractivity contribution in [2.45, 2.75) is 44.9 Å². The van der Waals surface area contributed by atoms with Crippen molar-refractivity contribution in [1.29, 1.82) is 0 Å².